The maximum Gasteiger partial charge on any atom is 0.0832 e. The minimum Gasteiger partial charge on any atom is -0.388 e. The summed E-state index contributed by atoms with van der Waals surface area (Å²) in [5.74, 6) is 0. The fourth-order valence-electron chi connectivity index (χ4n) is 2.01. The van der Waals surface area contributed by atoms with Crippen molar-refractivity contribution in [2.75, 3.05) is 0 Å². The van der Waals surface area contributed by atoms with Crippen LogP contribution in [-0.2, 0) is 6.42 Å². The van der Waals surface area contributed by atoms with Gasteiger partial charge in [-0.2, -0.15) is 0 Å². The zero-order valence-corrected chi connectivity index (χ0v) is 12.4. The van der Waals surface area contributed by atoms with E-state index in [2.05, 4.69) is 15.9 Å². The minimum absolute atomic E-state index is 0.503. The molecule has 0 bridgehead atoms. The molecule has 2 rings (SSSR count). The predicted molar refractivity (Wildman–Crippen MR) is 79.0 cm³/mol. The van der Waals surface area contributed by atoms with E-state index in [4.69, 9.17) is 11.6 Å². The van der Waals surface area contributed by atoms with Gasteiger partial charge in [0.2, 0.25) is 0 Å². The Morgan fingerprint density at radius 1 is 1.22 bits per heavy atom. The topological polar surface area (TPSA) is 20.2 Å². The molecule has 0 aliphatic heterocycles. The van der Waals surface area contributed by atoms with Crippen LogP contribution < -0.4 is 0 Å². The highest BCUT2D eigenvalue weighted by Gasteiger charge is 2.11. The maximum atomic E-state index is 10.3. The van der Waals surface area contributed by atoms with Crippen LogP contribution in [0, 0.1) is 6.92 Å². The Labute approximate surface area is 121 Å². The van der Waals surface area contributed by atoms with Crippen molar-refractivity contribution in [1.82, 2.24) is 0 Å². The molecule has 0 amide bonds. The van der Waals surface area contributed by atoms with Crippen LogP contribution in [0.5, 0.6) is 0 Å². The van der Waals surface area contributed by atoms with Gasteiger partial charge in [-0.25, -0.2) is 0 Å². The summed E-state index contributed by atoms with van der Waals surface area (Å²) in [6.45, 7) is 2.00. The second-order valence-corrected chi connectivity index (χ2v) is 5.70. The molecule has 0 aromatic heterocycles. The van der Waals surface area contributed by atoms with Crippen molar-refractivity contribution in [3.63, 3.8) is 0 Å². The van der Waals surface area contributed by atoms with Gasteiger partial charge in [-0.05, 0) is 47.9 Å². The van der Waals surface area contributed by atoms with E-state index in [1.165, 1.54) is 0 Å². The Morgan fingerprint density at radius 2 is 2.00 bits per heavy atom. The number of aryl methyl sites for hydroxylation is 1. The van der Waals surface area contributed by atoms with Crippen LogP contribution >= 0.6 is 27.5 Å². The molecular formula is C15H14BrClO. The summed E-state index contributed by atoms with van der Waals surface area (Å²) in [4.78, 5) is 0. The third-order valence-corrected chi connectivity index (χ3v) is 3.64. The molecule has 94 valence electrons. The third kappa shape index (κ3) is 3.35. The van der Waals surface area contributed by atoms with Crippen LogP contribution in [0.2, 0.25) is 5.02 Å². The summed E-state index contributed by atoms with van der Waals surface area (Å²) in [7, 11) is 0. The molecule has 0 aliphatic carbocycles. The molecule has 0 aliphatic rings. The summed E-state index contributed by atoms with van der Waals surface area (Å²) < 4.78 is 1.03. The van der Waals surface area contributed by atoms with E-state index in [0.717, 1.165) is 21.2 Å². The number of aliphatic hydroxyl groups excluding tert-OH is 1. The Morgan fingerprint density at radius 3 is 2.67 bits per heavy atom. The summed E-state index contributed by atoms with van der Waals surface area (Å²) in [6.07, 6.45) is 0.0693. The van der Waals surface area contributed by atoms with Crippen LogP contribution in [0.15, 0.2) is 46.9 Å². The lowest BCUT2D eigenvalue weighted by atomic mass is 9.98. The summed E-state index contributed by atoms with van der Waals surface area (Å²) >= 11 is 9.36. The van der Waals surface area contributed by atoms with E-state index < -0.39 is 6.10 Å². The van der Waals surface area contributed by atoms with Crippen LogP contribution in [-0.4, -0.2) is 5.11 Å². The first kappa shape index (κ1) is 13.6. The minimum atomic E-state index is -0.503. The number of aliphatic hydroxyl groups is 1. The average Bonchev–Trinajstić information content (AvgIpc) is 2.28. The van der Waals surface area contributed by atoms with Gasteiger partial charge < -0.3 is 5.11 Å². The first-order valence-electron chi connectivity index (χ1n) is 5.75. The maximum absolute atomic E-state index is 10.3. The Kier molecular flexibility index (Phi) is 4.44. The quantitative estimate of drug-likeness (QED) is 0.868. The molecule has 3 heteroatoms. The van der Waals surface area contributed by atoms with Gasteiger partial charge in [0.15, 0.2) is 0 Å². The first-order chi connectivity index (χ1) is 8.56. The van der Waals surface area contributed by atoms with E-state index in [1.807, 2.05) is 49.4 Å². The van der Waals surface area contributed by atoms with Crippen molar-refractivity contribution in [1.29, 1.82) is 0 Å². The molecule has 0 saturated carbocycles. The second kappa shape index (κ2) is 5.87. The molecule has 0 saturated heterocycles. The lowest BCUT2D eigenvalue weighted by Gasteiger charge is -2.14. The van der Waals surface area contributed by atoms with Crippen molar-refractivity contribution >= 4 is 27.5 Å². The molecule has 1 nitrogen and oxygen atoms in total. The van der Waals surface area contributed by atoms with E-state index in [0.29, 0.717) is 11.4 Å². The summed E-state index contributed by atoms with van der Waals surface area (Å²) in [5.41, 5.74) is 3.08. The van der Waals surface area contributed by atoms with Gasteiger partial charge in [-0.3, -0.25) is 0 Å². The van der Waals surface area contributed by atoms with E-state index in [9.17, 15) is 5.11 Å². The molecule has 0 fully saturated rings. The Balaban J connectivity index is 2.19. The fourth-order valence-corrected chi connectivity index (χ4v) is 2.70. The fraction of sp³-hybridized carbons (Fsp3) is 0.200. The van der Waals surface area contributed by atoms with Crippen molar-refractivity contribution in [2.45, 2.75) is 19.4 Å². The molecule has 1 N–H and O–H groups in total. The van der Waals surface area contributed by atoms with Crippen molar-refractivity contribution in [3.8, 4) is 0 Å². The summed E-state index contributed by atoms with van der Waals surface area (Å²) in [6, 6.07) is 13.5. The molecule has 2 aromatic rings. The molecule has 0 spiro atoms. The highest BCUT2D eigenvalue weighted by molar-refractivity contribution is 9.10. The number of hydrogen-bond donors (Lipinski definition) is 1. The number of hydrogen-bond acceptors (Lipinski definition) is 1. The normalized spacial score (nSPS) is 12.4. The molecular weight excluding hydrogens is 312 g/mol. The monoisotopic (exact) mass is 324 g/mol. The van der Waals surface area contributed by atoms with Crippen molar-refractivity contribution < 1.29 is 5.11 Å². The Hall–Kier alpha value is -0.830. The van der Waals surface area contributed by atoms with Crippen LogP contribution in [0.1, 0.15) is 22.8 Å². The van der Waals surface area contributed by atoms with Gasteiger partial charge >= 0.3 is 0 Å². The Bertz CT molecular complexity index is 554. The number of benzene rings is 2. The lowest BCUT2D eigenvalue weighted by Crippen LogP contribution is -2.03. The molecule has 0 radical (unpaired) electrons. The van der Waals surface area contributed by atoms with E-state index >= 15 is 0 Å². The van der Waals surface area contributed by atoms with Gasteiger partial charge in [0.1, 0.15) is 0 Å². The first-order valence-corrected chi connectivity index (χ1v) is 6.92. The standard InChI is InChI=1S/C15H14BrClO/c1-10-7-12(16)5-6-14(10)15(18)9-11-3-2-4-13(17)8-11/h2-8,15,18H,9H2,1H3. The number of halogens is 2. The highest BCUT2D eigenvalue weighted by atomic mass is 79.9. The molecule has 0 heterocycles. The molecule has 1 atom stereocenters. The predicted octanol–water partition coefficient (Wildman–Crippen LogP) is 4.69. The van der Waals surface area contributed by atoms with E-state index in [1.54, 1.807) is 0 Å². The van der Waals surface area contributed by atoms with Gasteiger partial charge in [-0.15, -0.1) is 0 Å². The highest BCUT2D eigenvalue weighted by Crippen LogP contribution is 2.25. The van der Waals surface area contributed by atoms with Crippen LogP contribution in [0.3, 0.4) is 0 Å². The zero-order valence-electron chi connectivity index (χ0n) is 10.0. The van der Waals surface area contributed by atoms with E-state index in [-0.39, 0.29) is 0 Å². The average molecular weight is 326 g/mol. The van der Waals surface area contributed by atoms with Crippen LogP contribution in [0.4, 0.5) is 0 Å². The number of rotatable bonds is 3. The van der Waals surface area contributed by atoms with Crippen LogP contribution in [0.25, 0.3) is 0 Å². The van der Waals surface area contributed by atoms with Gasteiger partial charge in [0.25, 0.3) is 0 Å². The molecule has 18 heavy (non-hydrogen) atoms. The van der Waals surface area contributed by atoms with Gasteiger partial charge in [0.05, 0.1) is 6.10 Å². The SMILES string of the molecule is Cc1cc(Br)ccc1C(O)Cc1cccc(Cl)c1. The van der Waals surface area contributed by atoms with Crippen molar-refractivity contribution in [3.05, 3.63) is 68.7 Å². The third-order valence-electron chi connectivity index (χ3n) is 2.91. The smallest absolute Gasteiger partial charge is 0.0832 e. The largest absolute Gasteiger partial charge is 0.388 e. The zero-order chi connectivity index (χ0) is 13.1. The van der Waals surface area contributed by atoms with Crippen molar-refractivity contribution in [2.24, 2.45) is 0 Å². The molecule has 2 aromatic carbocycles. The van der Waals surface area contributed by atoms with Gasteiger partial charge in [0, 0.05) is 15.9 Å². The summed E-state index contributed by atoms with van der Waals surface area (Å²) in [5, 5.41) is 11.0. The van der Waals surface area contributed by atoms with Gasteiger partial charge in [-0.1, -0.05) is 45.7 Å². The molecule has 1 unspecified atom stereocenters. The lowest BCUT2D eigenvalue weighted by molar-refractivity contribution is 0.177. The second-order valence-electron chi connectivity index (χ2n) is 4.35.